The Kier molecular flexibility index (Phi) is 8.72. The molecule has 3 rings (SSSR count). The number of aromatic nitrogens is 2. The maximum Gasteiger partial charge on any atom is 0.240 e. The van der Waals surface area contributed by atoms with Crippen LogP contribution in [0.15, 0.2) is 58.6 Å². The van der Waals surface area contributed by atoms with E-state index < -0.39 is 10.0 Å². The zero-order valence-corrected chi connectivity index (χ0v) is 20.1. The molecule has 0 atom stereocenters. The summed E-state index contributed by atoms with van der Waals surface area (Å²) in [5.41, 5.74) is 2.24. The SMILES string of the molecule is CCCCNS(=O)(=O)c1ccc2c(c1)nc(SCC(=O)Nc1ccccc1)n2CCCC. The number of hydrogen-bond donors (Lipinski definition) is 2. The Balaban J connectivity index is 1.80. The first-order valence-electron chi connectivity index (χ1n) is 10.9. The van der Waals surface area contributed by atoms with Crippen LogP contribution in [0.5, 0.6) is 0 Å². The second kappa shape index (κ2) is 11.5. The van der Waals surface area contributed by atoms with E-state index in [2.05, 4.69) is 26.5 Å². The minimum Gasteiger partial charge on any atom is -0.325 e. The Morgan fingerprint density at radius 2 is 1.81 bits per heavy atom. The summed E-state index contributed by atoms with van der Waals surface area (Å²) < 4.78 is 29.9. The lowest BCUT2D eigenvalue weighted by atomic mass is 10.3. The highest BCUT2D eigenvalue weighted by atomic mass is 32.2. The number of anilines is 1. The summed E-state index contributed by atoms with van der Waals surface area (Å²) in [6.07, 6.45) is 3.70. The molecule has 1 heterocycles. The largest absolute Gasteiger partial charge is 0.325 e. The molecule has 0 aliphatic heterocycles. The van der Waals surface area contributed by atoms with Gasteiger partial charge in [-0.15, -0.1) is 0 Å². The number of aryl methyl sites for hydroxylation is 1. The summed E-state index contributed by atoms with van der Waals surface area (Å²) >= 11 is 1.36. The van der Waals surface area contributed by atoms with Gasteiger partial charge in [-0.25, -0.2) is 18.1 Å². The number of carbonyl (C=O) groups excluding carboxylic acids is 1. The number of nitrogens with one attached hydrogen (secondary N) is 2. The van der Waals surface area contributed by atoms with E-state index in [9.17, 15) is 13.2 Å². The van der Waals surface area contributed by atoms with E-state index in [-0.39, 0.29) is 16.6 Å². The van der Waals surface area contributed by atoms with Crippen molar-refractivity contribution in [2.24, 2.45) is 0 Å². The molecule has 0 unspecified atom stereocenters. The third-order valence-corrected chi connectivity index (χ3v) is 7.38. The number of hydrogen-bond acceptors (Lipinski definition) is 5. The second-order valence-electron chi connectivity index (χ2n) is 7.50. The van der Waals surface area contributed by atoms with Gasteiger partial charge in [-0.3, -0.25) is 4.79 Å². The van der Waals surface area contributed by atoms with Crippen molar-refractivity contribution in [2.75, 3.05) is 17.6 Å². The van der Waals surface area contributed by atoms with Crippen LogP contribution in [0.4, 0.5) is 5.69 Å². The Hall–Kier alpha value is -2.36. The second-order valence-corrected chi connectivity index (χ2v) is 10.2. The highest BCUT2D eigenvalue weighted by molar-refractivity contribution is 7.99. The summed E-state index contributed by atoms with van der Waals surface area (Å²) in [4.78, 5) is 17.3. The van der Waals surface area contributed by atoms with Crippen molar-refractivity contribution in [3.8, 4) is 0 Å². The van der Waals surface area contributed by atoms with Crippen LogP contribution < -0.4 is 10.0 Å². The first-order chi connectivity index (χ1) is 15.4. The molecule has 0 saturated carbocycles. The van der Waals surface area contributed by atoms with Crippen molar-refractivity contribution in [3.63, 3.8) is 0 Å². The number of carbonyl (C=O) groups is 1. The molecule has 0 aliphatic rings. The van der Waals surface area contributed by atoms with Gasteiger partial charge in [0.2, 0.25) is 15.9 Å². The summed E-state index contributed by atoms with van der Waals surface area (Å²) in [5, 5.41) is 3.59. The van der Waals surface area contributed by atoms with E-state index in [0.29, 0.717) is 17.2 Å². The van der Waals surface area contributed by atoms with Gasteiger partial charge in [0.25, 0.3) is 0 Å². The lowest BCUT2D eigenvalue weighted by Gasteiger charge is -2.09. The number of nitrogens with zero attached hydrogens (tertiary/aromatic N) is 2. The molecule has 7 nitrogen and oxygen atoms in total. The fraction of sp³-hybridized carbons (Fsp3) is 0.391. The number of para-hydroxylation sites is 1. The van der Waals surface area contributed by atoms with Crippen molar-refractivity contribution < 1.29 is 13.2 Å². The van der Waals surface area contributed by atoms with E-state index in [4.69, 9.17) is 0 Å². The molecule has 0 saturated heterocycles. The normalized spacial score (nSPS) is 11.7. The number of benzene rings is 2. The van der Waals surface area contributed by atoms with Crippen LogP contribution in [0.3, 0.4) is 0 Å². The van der Waals surface area contributed by atoms with Gasteiger partial charge >= 0.3 is 0 Å². The summed E-state index contributed by atoms with van der Waals surface area (Å²) in [7, 11) is -3.58. The standard InChI is InChI=1S/C23H30N4O3S2/c1-3-5-14-24-32(29,30)19-12-13-21-20(16-19)26-23(27(21)15-6-4-2)31-17-22(28)25-18-10-8-7-9-11-18/h7-13,16,24H,3-6,14-15,17H2,1-2H3,(H,25,28). The van der Waals surface area contributed by atoms with Gasteiger partial charge in [-0.05, 0) is 43.2 Å². The van der Waals surface area contributed by atoms with Gasteiger partial charge in [0, 0.05) is 18.8 Å². The highest BCUT2D eigenvalue weighted by Crippen LogP contribution is 2.27. The van der Waals surface area contributed by atoms with Crippen LogP contribution in [-0.2, 0) is 21.4 Å². The molecule has 2 N–H and O–H groups in total. The van der Waals surface area contributed by atoms with Crippen LogP contribution in [0.2, 0.25) is 0 Å². The number of unbranched alkanes of at least 4 members (excludes halogenated alkanes) is 2. The molecule has 0 radical (unpaired) electrons. The maximum atomic E-state index is 12.6. The molecule has 2 aromatic carbocycles. The number of amides is 1. The lowest BCUT2D eigenvalue weighted by Crippen LogP contribution is -2.24. The quantitative estimate of drug-likeness (QED) is 0.294. The van der Waals surface area contributed by atoms with E-state index in [1.807, 2.05) is 37.3 Å². The highest BCUT2D eigenvalue weighted by Gasteiger charge is 2.18. The van der Waals surface area contributed by atoms with E-state index >= 15 is 0 Å². The molecule has 9 heteroatoms. The molecule has 32 heavy (non-hydrogen) atoms. The van der Waals surface area contributed by atoms with E-state index in [0.717, 1.165) is 43.4 Å². The predicted octanol–water partition coefficient (Wildman–Crippen LogP) is 4.65. The van der Waals surface area contributed by atoms with Crippen LogP contribution in [0.25, 0.3) is 11.0 Å². The summed E-state index contributed by atoms with van der Waals surface area (Å²) in [6, 6.07) is 14.4. The van der Waals surface area contributed by atoms with Crippen LogP contribution in [-0.4, -0.2) is 36.2 Å². The van der Waals surface area contributed by atoms with Crippen molar-refractivity contribution in [2.45, 2.75) is 56.1 Å². The average molecular weight is 475 g/mol. The van der Waals surface area contributed by atoms with Crippen molar-refractivity contribution >= 4 is 44.4 Å². The van der Waals surface area contributed by atoms with Gasteiger partial charge in [0.1, 0.15) is 0 Å². The predicted molar refractivity (Wildman–Crippen MR) is 131 cm³/mol. The molecule has 3 aromatic rings. The molecule has 0 fully saturated rings. The fourth-order valence-electron chi connectivity index (χ4n) is 3.21. The first kappa shape index (κ1) is 24.3. The molecule has 172 valence electrons. The number of rotatable bonds is 12. The van der Waals surface area contributed by atoms with Gasteiger partial charge in [0.15, 0.2) is 5.16 Å². The molecule has 0 bridgehead atoms. The molecule has 1 aromatic heterocycles. The molecule has 0 aliphatic carbocycles. The number of imidazole rings is 1. The van der Waals surface area contributed by atoms with Gasteiger partial charge in [-0.2, -0.15) is 0 Å². The average Bonchev–Trinajstić information content (AvgIpc) is 3.13. The van der Waals surface area contributed by atoms with Crippen LogP contribution in [0, 0.1) is 0 Å². The molecular weight excluding hydrogens is 444 g/mol. The van der Waals surface area contributed by atoms with E-state index in [1.165, 1.54) is 11.8 Å². The lowest BCUT2D eigenvalue weighted by molar-refractivity contribution is -0.113. The Morgan fingerprint density at radius 1 is 1.06 bits per heavy atom. The fourth-order valence-corrected chi connectivity index (χ4v) is 5.15. The third-order valence-electron chi connectivity index (χ3n) is 4.94. The molecule has 0 spiro atoms. The maximum absolute atomic E-state index is 12.6. The number of fused-ring (bicyclic) bond motifs is 1. The minimum atomic E-state index is -3.58. The monoisotopic (exact) mass is 474 g/mol. The van der Waals surface area contributed by atoms with E-state index in [1.54, 1.807) is 18.2 Å². The molecule has 1 amide bonds. The van der Waals surface area contributed by atoms with Crippen LogP contribution >= 0.6 is 11.8 Å². The van der Waals surface area contributed by atoms with Gasteiger partial charge in [0.05, 0.1) is 21.7 Å². The molecular formula is C23H30N4O3S2. The Bertz CT molecular complexity index is 1140. The zero-order chi connectivity index (χ0) is 23.0. The first-order valence-corrected chi connectivity index (χ1v) is 13.4. The summed E-state index contributed by atoms with van der Waals surface area (Å²) in [6.45, 7) is 5.31. The Labute approximate surface area is 194 Å². The van der Waals surface area contributed by atoms with Gasteiger partial charge in [-0.1, -0.05) is 56.7 Å². The van der Waals surface area contributed by atoms with Crippen molar-refractivity contribution in [1.29, 1.82) is 0 Å². The van der Waals surface area contributed by atoms with Crippen molar-refractivity contribution in [1.82, 2.24) is 14.3 Å². The minimum absolute atomic E-state index is 0.112. The summed E-state index contributed by atoms with van der Waals surface area (Å²) in [5.74, 6) is 0.104. The van der Waals surface area contributed by atoms with Crippen LogP contribution in [0.1, 0.15) is 39.5 Å². The number of sulfonamides is 1. The third kappa shape index (κ3) is 6.34. The smallest absolute Gasteiger partial charge is 0.240 e. The topological polar surface area (TPSA) is 93.1 Å². The zero-order valence-electron chi connectivity index (χ0n) is 18.5. The van der Waals surface area contributed by atoms with Gasteiger partial charge < -0.3 is 9.88 Å². The number of thioether (sulfide) groups is 1. The van der Waals surface area contributed by atoms with Crippen molar-refractivity contribution in [3.05, 3.63) is 48.5 Å². The Morgan fingerprint density at radius 3 is 2.53 bits per heavy atom.